The van der Waals surface area contributed by atoms with Gasteiger partial charge in [0.05, 0.1) is 17.4 Å². The van der Waals surface area contributed by atoms with E-state index in [2.05, 4.69) is 5.10 Å². The lowest BCUT2D eigenvalue weighted by Gasteiger charge is -2.31. The van der Waals surface area contributed by atoms with Gasteiger partial charge in [-0.3, -0.25) is 9.59 Å². The van der Waals surface area contributed by atoms with Gasteiger partial charge >= 0.3 is 0 Å². The summed E-state index contributed by atoms with van der Waals surface area (Å²) in [6.07, 6.45) is 3.41. The molecule has 6 nitrogen and oxygen atoms in total. The number of nitrogen functional groups attached to an aromatic ring is 1. The molecule has 1 amide bonds. The molecular formula is C18H21FN4O2. The van der Waals surface area contributed by atoms with Crippen LogP contribution >= 0.6 is 0 Å². The number of amides is 1. The van der Waals surface area contributed by atoms with Crippen molar-refractivity contribution in [2.45, 2.75) is 26.2 Å². The molecule has 2 aromatic rings. The fraction of sp³-hybridized carbons (Fsp3) is 0.389. The van der Waals surface area contributed by atoms with Crippen molar-refractivity contribution in [3.63, 3.8) is 0 Å². The number of piperidine rings is 1. The molecule has 1 fully saturated rings. The van der Waals surface area contributed by atoms with Gasteiger partial charge in [-0.25, -0.2) is 9.07 Å². The quantitative estimate of drug-likeness (QED) is 0.864. The van der Waals surface area contributed by atoms with Crippen molar-refractivity contribution >= 4 is 17.5 Å². The lowest BCUT2D eigenvalue weighted by atomic mass is 9.90. The number of rotatable bonds is 4. The summed E-state index contributed by atoms with van der Waals surface area (Å²) in [4.78, 5) is 26.5. The molecule has 2 heterocycles. The maximum atomic E-state index is 13.1. The third kappa shape index (κ3) is 3.40. The first-order chi connectivity index (χ1) is 12.0. The Hall–Kier alpha value is -2.70. The van der Waals surface area contributed by atoms with Crippen molar-refractivity contribution in [3.8, 4) is 5.69 Å². The fourth-order valence-corrected chi connectivity index (χ4v) is 3.20. The van der Waals surface area contributed by atoms with Gasteiger partial charge < -0.3 is 10.6 Å². The molecule has 0 radical (unpaired) electrons. The van der Waals surface area contributed by atoms with Crippen molar-refractivity contribution in [2.75, 3.05) is 18.8 Å². The molecule has 0 bridgehead atoms. The monoisotopic (exact) mass is 344 g/mol. The number of nitrogens with zero attached hydrogens (tertiary/aromatic N) is 3. The third-order valence-corrected chi connectivity index (χ3v) is 4.59. The molecule has 2 N–H and O–H groups in total. The van der Waals surface area contributed by atoms with Gasteiger partial charge in [0.1, 0.15) is 11.6 Å². The van der Waals surface area contributed by atoms with E-state index in [0.29, 0.717) is 30.8 Å². The van der Waals surface area contributed by atoms with Crippen molar-refractivity contribution < 1.29 is 14.0 Å². The number of nitrogens with two attached hydrogens (primary N) is 1. The average Bonchev–Trinajstić information content (AvgIpc) is 3.02. The predicted molar refractivity (Wildman–Crippen MR) is 91.9 cm³/mol. The van der Waals surface area contributed by atoms with Crippen LogP contribution in [0.1, 0.15) is 36.5 Å². The van der Waals surface area contributed by atoms with Crippen LogP contribution in [0.3, 0.4) is 0 Å². The molecule has 1 aromatic heterocycles. The van der Waals surface area contributed by atoms with E-state index in [1.165, 1.54) is 23.0 Å². The zero-order chi connectivity index (χ0) is 18.0. The van der Waals surface area contributed by atoms with Gasteiger partial charge in [-0.1, -0.05) is 6.92 Å². The van der Waals surface area contributed by atoms with Gasteiger partial charge in [0.2, 0.25) is 5.91 Å². The molecule has 25 heavy (non-hydrogen) atoms. The van der Waals surface area contributed by atoms with Crippen LogP contribution in [0.5, 0.6) is 0 Å². The standard InChI is InChI=1S/C18H21FN4O2/c1-2-16(24)22-9-3-4-12(11-22)17(25)15-10-21-23(18(15)20)14-7-5-13(19)6-8-14/h5-8,10,12H,2-4,9,11,20H2,1H3/t12-/m1/s1. The molecule has 1 aliphatic heterocycles. The Labute approximate surface area is 145 Å². The first kappa shape index (κ1) is 17.1. The summed E-state index contributed by atoms with van der Waals surface area (Å²) in [5.74, 6) is -0.423. The number of likely N-dealkylation sites (tertiary alicyclic amines) is 1. The highest BCUT2D eigenvalue weighted by Gasteiger charge is 2.30. The number of halogens is 1. The van der Waals surface area contributed by atoms with Crippen LogP contribution in [-0.2, 0) is 4.79 Å². The topological polar surface area (TPSA) is 81.2 Å². The second-order valence-electron chi connectivity index (χ2n) is 6.23. The maximum absolute atomic E-state index is 13.1. The molecule has 1 aliphatic rings. The Morgan fingerprint density at radius 1 is 1.32 bits per heavy atom. The van der Waals surface area contributed by atoms with Gasteiger partial charge in [-0.15, -0.1) is 0 Å². The minimum Gasteiger partial charge on any atom is -0.383 e. The van der Waals surface area contributed by atoms with Gasteiger partial charge in [-0.2, -0.15) is 5.10 Å². The Bertz CT molecular complexity index is 785. The van der Waals surface area contributed by atoms with Crippen molar-refractivity contribution in [3.05, 3.63) is 41.8 Å². The van der Waals surface area contributed by atoms with Crippen LogP contribution in [0.4, 0.5) is 10.2 Å². The van der Waals surface area contributed by atoms with Crippen LogP contribution in [-0.4, -0.2) is 39.5 Å². The second kappa shape index (κ2) is 7.04. The number of hydrogen-bond acceptors (Lipinski definition) is 4. The summed E-state index contributed by atoms with van der Waals surface area (Å²) in [6, 6.07) is 5.73. The lowest BCUT2D eigenvalue weighted by Crippen LogP contribution is -2.42. The van der Waals surface area contributed by atoms with E-state index in [1.807, 2.05) is 6.92 Å². The number of aromatic nitrogens is 2. The van der Waals surface area contributed by atoms with Crippen LogP contribution in [0.25, 0.3) is 5.69 Å². The maximum Gasteiger partial charge on any atom is 0.222 e. The highest BCUT2D eigenvalue weighted by molar-refractivity contribution is 6.02. The summed E-state index contributed by atoms with van der Waals surface area (Å²) in [5.41, 5.74) is 7.04. The van der Waals surface area contributed by atoms with E-state index in [4.69, 9.17) is 5.73 Å². The predicted octanol–water partition coefficient (Wildman–Crippen LogP) is 2.42. The van der Waals surface area contributed by atoms with Crippen molar-refractivity contribution in [2.24, 2.45) is 5.92 Å². The molecule has 1 atom stereocenters. The molecule has 0 aliphatic carbocycles. The molecule has 1 saturated heterocycles. The lowest BCUT2D eigenvalue weighted by molar-refractivity contribution is -0.132. The first-order valence-corrected chi connectivity index (χ1v) is 8.42. The number of anilines is 1. The van der Waals surface area contributed by atoms with Crippen molar-refractivity contribution in [1.29, 1.82) is 0 Å². The van der Waals surface area contributed by atoms with E-state index in [0.717, 1.165) is 12.8 Å². The smallest absolute Gasteiger partial charge is 0.222 e. The van der Waals surface area contributed by atoms with Gasteiger partial charge in [0.15, 0.2) is 5.78 Å². The van der Waals surface area contributed by atoms with Gasteiger partial charge in [-0.05, 0) is 37.1 Å². The fourth-order valence-electron chi connectivity index (χ4n) is 3.20. The largest absolute Gasteiger partial charge is 0.383 e. The third-order valence-electron chi connectivity index (χ3n) is 4.59. The van der Waals surface area contributed by atoms with Gasteiger partial charge in [0, 0.05) is 25.4 Å². The Morgan fingerprint density at radius 2 is 2.04 bits per heavy atom. The highest BCUT2D eigenvalue weighted by Crippen LogP contribution is 2.25. The number of hydrogen-bond donors (Lipinski definition) is 1. The normalized spacial score (nSPS) is 17.5. The first-order valence-electron chi connectivity index (χ1n) is 8.42. The van der Waals surface area contributed by atoms with Crippen LogP contribution in [0, 0.1) is 11.7 Å². The molecule has 0 spiro atoms. The van der Waals surface area contributed by atoms with E-state index in [1.54, 1.807) is 17.0 Å². The minimum atomic E-state index is -0.353. The van der Waals surface area contributed by atoms with E-state index in [-0.39, 0.29) is 29.2 Å². The minimum absolute atomic E-state index is 0.0625. The van der Waals surface area contributed by atoms with Crippen LogP contribution in [0.15, 0.2) is 30.5 Å². The summed E-state index contributed by atoms with van der Waals surface area (Å²) >= 11 is 0. The number of carbonyl (C=O) groups is 2. The zero-order valence-electron chi connectivity index (χ0n) is 14.1. The number of benzene rings is 1. The highest BCUT2D eigenvalue weighted by atomic mass is 19.1. The number of ketones is 1. The van der Waals surface area contributed by atoms with Crippen LogP contribution < -0.4 is 5.73 Å². The summed E-state index contributed by atoms with van der Waals surface area (Å²) < 4.78 is 14.5. The van der Waals surface area contributed by atoms with E-state index >= 15 is 0 Å². The molecule has 1 aromatic carbocycles. The summed E-state index contributed by atoms with van der Waals surface area (Å²) in [7, 11) is 0. The summed E-state index contributed by atoms with van der Waals surface area (Å²) in [6.45, 7) is 2.94. The summed E-state index contributed by atoms with van der Waals surface area (Å²) in [5, 5.41) is 4.17. The zero-order valence-corrected chi connectivity index (χ0v) is 14.1. The number of carbonyl (C=O) groups excluding carboxylic acids is 2. The van der Waals surface area contributed by atoms with E-state index < -0.39 is 0 Å². The Kier molecular flexibility index (Phi) is 4.83. The second-order valence-corrected chi connectivity index (χ2v) is 6.23. The average molecular weight is 344 g/mol. The van der Waals surface area contributed by atoms with Crippen molar-refractivity contribution in [1.82, 2.24) is 14.7 Å². The molecule has 0 saturated carbocycles. The molecule has 0 unspecified atom stereocenters. The Morgan fingerprint density at radius 3 is 2.72 bits per heavy atom. The van der Waals surface area contributed by atoms with Gasteiger partial charge in [0.25, 0.3) is 0 Å². The molecular weight excluding hydrogens is 323 g/mol. The number of Topliss-reactive ketones (excluding diaryl/α,β-unsaturated/α-hetero) is 1. The SMILES string of the molecule is CCC(=O)N1CCC[C@@H](C(=O)c2cnn(-c3ccc(F)cc3)c2N)C1. The Balaban J connectivity index is 1.81. The van der Waals surface area contributed by atoms with Crippen LogP contribution in [0.2, 0.25) is 0 Å². The molecule has 3 rings (SSSR count). The molecule has 7 heteroatoms. The molecule has 132 valence electrons. The van der Waals surface area contributed by atoms with E-state index in [9.17, 15) is 14.0 Å².